The number of pyridine rings is 1. The lowest BCUT2D eigenvalue weighted by Gasteiger charge is -2.21. The van der Waals surface area contributed by atoms with E-state index in [1.807, 2.05) is 0 Å². The van der Waals surface area contributed by atoms with Crippen LogP contribution in [0, 0.1) is 21.4 Å². The molecule has 0 amide bonds. The number of aliphatic carboxylic acids is 1. The van der Waals surface area contributed by atoms with Crippen molar-refractivity contribution in [3.63, 3.8) is 0 Å². The quantitative estimate of drug-likeness (QED) is 0.618. The normalized spacial score (nSPS) is 13.6. The molecule has 0 saturated heterocycles. The number of hydrogen-bond donors (Lipinski definition) is 1. The van der Waals surface area contributed by atoms with Crippen LogP contribution < -0.4 is 4.90 Å². The molecular formula is C11H10N4O4. The second kappa shape index (κ2) is 4.89. The monoisotopic (exact) mass is 262 g/mol. The van der Waals surface area contributed by atoms with Crippen LogP contribution in [0.5, 0.6) is 0 Å². The summed E-state index contributed by atoms with van der Waals surface area (Å²) in [7, 11) is 0. The van der Waals surface area contributed by atoms with Crippen molar-refractivity contribution in [1.82, 2.24) is 4.98 Å². The van der Waals surface area contributed by atoms with Gasteiger partial charge in [-0.25, -0.2) is 4.98 Å². The summed E-state index contributed by atoms with van der Waals surface area (Å²) in [5, 5.41) is 28.4. The molecule has 1 aromatic heterocycles. The van der Waals surface area contributed by atoms with E-state index in [-0.39, 0.29) is 29.8 Å². The van der Waals surface area contributed by atoms with Crippen molar-refractivity contribution in [3.8, 4) is 6.07 Å². The highest BCUT2D eigenvalue weighted by Crippen LogP contribution is 2.31. The van der Waals surface area contributed by atoms with E-state index in [0.29, 0.717) is 0 Å². The Morgan fingerprint density at radius 2 is 2.32 bits per heavy atom. The van der Waals surface area contributed by atoms with Crippen molar-refractivity contribution >= 4 is 17.5 Å². The maximum Gasteiger partial charge on any atom is 0.323 e. The average molecular weight is 262 g/mol. The van der Waals surface area contributed by atoms with Gasteiger partial charge in [0.05, 0.1) is 4.92 Å². The average Bonchev–Trinajstić information content (AvgIpc) is 3.19. The Balaban J connectivity index is 2.36. The number of anilines is 1. The largest absolute Gasteiger partial charge is 0.480 e. The summed E-state index contributed by atoms with van der Waals surface area (Å²) in [6.07, 6.45) is 1.71. The van der Waals surface area contributed by atoms with Crippen LogP contribution in [-0.2, 0) is 4.79 Å². The minimum atomic E-state index is -1.01. The summed E-state index contributed by atoms with van der Waals surface area (Å²) in [5.41, 5.74) is -0.684. The number of carboxylic acids is 1. The molecular weight excluding hydrogens is 252 g/mol. The van der Waals surface area contributed by atoms with Crippen LogP contribution in [0.1, 0.15) is 18.5 Å². The van der Waals surface area contributed by atoms with Crippen LogP contribution in [0.25, 0.3) is 0 Å². The third kappa shape index (κ3) is 2.77. The van der Waals surface area contributed by atoms with Crippen molar-refractivity contribution in [2.75, 3.05) is 11.4 Å². The molecule has 1 saturated carbocycles. The Labute approximate surface area is 108 Å². The van der Waals surface area contributed by atoms with Gasteiger partial charge in [0.25, 0.3) is 0 Å². The molecule has 0 aromatic carbocycles. The fourth-order valence-corrected chi connectivity index (χ4v) is 1.76. The van der Waals surface area contributed by atoms with E-state index >= 15 is 0 Å². The number of nitro groups is 1. The number of rotatable bonds is 5. The van der Waals surface area contributed by atoms with E-state index in [9.17, 15) is 14.9 Å². The van der Waals surface area contributed by atoms with Gasteiger partial charge in [0, 0.05) is 12.1 Å². The zero-order valence-electron chi connectivity index (χ0n) is 9.81. The number of aromatic nitrogens is 1. The molecule has 0 aliphatic heterocycles. The summed E-state index contributed by atoms with van der Waals surface area (Å²) in [5.74, 6) is -0.724. The fraction of sp³-hybridized carbons (Fsp3) is 0.364. The van der Waals surface area contributed by atoms with Crippen molar-refractivity contribution < 1.29 is 14.8 Å². The molecule has 1 fully saturated rings. The van der Waals surface area contributed by atoms with Gasteiger partial charge in [0.1, 0.15) is 18.4 Å². The minimum Gasteiger partial charge on any atom is -0.480 e. The van der Waals surface area contributed by atoms with E-state index in [1.165, 1.54) is 12.1 Å². The molecule has 8 nitrogen and oxygen atoms in total. The first kappa shape index (κ1) is 12.8. The van der Waals surface area contributed by atoms with Crippen LogP contribution in [-0.4, -0.2) is 33.6 Å². The molecule has 0 spiro atoms. The first-order valence-electron chi connectivity index (χ1n) is 5.57. The number of nitrogens with zero attached hydrogens (tertiary/aromatic N) is 4. The summed E-state index contributed by atoms with van der Waals surface area (Å²) in [4.78, 5) is 26.2. The van der Waals surface area contributed by atoms with Crippen LogP contribution >= 0.6 is 0 Å². The lowest BCUT2D eigenvalue weighted by atomic mass is 10.3. The summed E-state index contributed by atoms with van der Waals surface area (Å²) < 4.78 is 0. The number of carboxylic acid groups (broad SMARTS) is 1. The number of carbonyl (C=O) groups is 1. The zero-order chi connectivity index (χ0) is 14.0. The third-order valence-electron chi connectivity index (χ3n) is 2.75. The van der Waals surface area contributed by atoms with Gasteiger partial charge in [-0.05, 0) is 18.9 Å². The highest BCUT2D eigenvalue weighted by atomic mass is 16.6. The van der Waals surface area contributed by atoms with Gasteiger partial charge in [-0.2, -0.15) is 5.26 Å². The van der Waals surface area contributed by atoms with Gasteiger partial charge in [-0.15, -0.1) is 0 Å². The van der Waals surface area contributed by atoms with Gasteiger partial charge < -0.3 is 10.0 Å². The molecule has 1 heterocycles. The predicted octanol–water partition coefficient (Wildman–Crippen LogP) is 0.915. The van der Waals surface area contributed by atoms with Crippen LogP contribution in [0.15, 0.2) is 12.1 Å². The van der Waals surface area contributed by atoms with Gasteiger partial charge in [-0.3, -0.25) is 14.9 Å². The van der Waals surface area contributed by atoms with Gasteiger partial charge >= 0.3 is 11.7 Å². The Hall–Kier alpha value is -2.69. The highest BCUT2D eigenvalue weighted by molar-refractivity contribution is 5.74. The van der Waals surface area contributed by atoms with Crippen molar-refractivity contribution in [2.45, 2.75) is 18.9 Å². The lowest BCUT2D eigenvalue weighted by Crippen LogP contribution is -2.32. The molecule has 1 aromatic rings. The maximum absolute atomic E-state index is 10.8. The molecule has 0 unspecified atom stereocenters. The Kier molecular flexibility index (Phi) is 3.29. The van der Waals surface area contributed by atoms with E-state index in [4.69, 9.17) is 10.4 Å². The Morgan fingerprint density at radius 1 is 1.63 bits per heavy atom. The SMILES string of the molecule is N#Cc1nc(N(CC(=O)O)C2CC2)ccc1[N+](=O)[O-]. The van der Waals surface area contributed by atoms with Crippen LogP contribution in [0.4, 0.5) is 11.5 Å². The second-order valence-corrected chi connectivity index (χ2v) is 4.16. The third-order valence-corrected chi connectivity index (χ3v) is 2.75. The molecule has 98 valence electrons. The van der Waals surface area contributed by atoms with Crippen molar-refractivity contribution in [1.29, 1.82) is 5.26 Å². The van der Waals surface area contributed by atoms with Gasteiger partial charge in [-0.1, -0.05) is 0 Å². The van der Waals surface area contributed by atoms with Crippen molar-refractivity contribution in [2.24, 2.45) is 0 Å². The smallest absolute Gasteiger partial charge is 0.323 e. The number of nitriles is 1. The standard InChI is InChI=1S/C11H10N4O4/c12-5-8-9(15(18)19)3-4-10(13-8)14(6-11(16)17)7-1-2-7/h3-4,7H,1-2,6H2,(H,16,17). The zero-order valence-corrected chi connectivity index (χ0v) is 9.81. The van der Waals surface area contributed by atoms with Crippen molar-refractivity contribution in [3.05, 3.63) is 27.9 Å². The van der Waals surface area contributed by atoms with Gasteiger partial charge in [0.15, 0.2) is 0 Å². The number of hydrogen-bond acceptors (Lipinski definition) is 6. The van der Waals surface area contributed by atoms with E-state index in [0.717, 1.165) is 12.8 Å². The fourth-order valence-electron chi connectivity index (χ4n) is 1.76. The molecule has 8 heteroatoms. The predicted molar refractivity (Wildman–Crippen MR) is 63.6 cm³/mol. The van der Waals surface area contributed by atoms with E-state index in [1.54, 1.807) is 11.0 Å². The molecule has 2 rings (SSSR count). The first-order valence-corrected chi connectivity index (χ1v) is 5.57. The lowest BCUT2D eigenvalue weighted by molar-refractivity contribution is -0.385. The molecule has 0 bridgehead atoms. The molecule has 1 aliphatic carbocycles. The molecule has 0 atom stereocenters. The summed E-state index contributed by atoms with van der Waals surface area (Å²) in [6.45, 7) is -0.236. The molecule has 19 heavy (non-hydrogen) atoms. The van der Waals surface area contributed by atoms with E-state index < -0.39 is 10.9 Å². The summed E-state index contributed by atoms with van der Waals surface area (Å²) in [6, 6.07) is 4.29. The molecule has 0 radical (unpaired) electrons. The maximum atomic E-state index is 10.8. The Bertz CT molecular complexity index is 577. The minimum absolute atomic E-state index is 0.0802. The van der Waals surface area contributed by atoms with E-state index in [2.05, 4.69) is 4.98 Å². The Morgan fingerprint density at radius 3 is 2.79 bits per heavy atom. The van der Waals surface area contributed by atoms with Crippen LogP contribution in [0.2, 0.25) is 0 Å². The summed E-state index contributed by atoms with van der Waals surface area (Å²) >= 11 is 0. The van der Waals surface area contributed by atoms with Crippen LogP contribution in [0.3, 0.4) is 0 Å². The molecule has 1 N–H and O–H groups in total. The molecule has 1 aliphatic rings. The first-order chi connectivity index (χ1) is 9.02. The van der Waals surface area contributed by atoms with Gasteiger partial charge in [0.2, 0.25) is 5.69 Å². The topological polar surface area (TPSA) is 120 Å². The highest BCUT2D eigenvalue weighted by Gasteiger charge is 2.32. The second-order valence-electron chi connectivity index (χ2n) is 4.16.